The summed E-state index contributed by atoms with van der Waals surface area (Å²) in [5.74, 6) is -1.80. The van der Waals surface area contributed by atoms with E-state index in [2.05, 4.69) is 10.4 Å². The first kappa shape index (κ1) is 22.5. The van der Waals surface area contributed by atoms with E-state index in [1.54, 1.807) is 12.1 Å². The Morgan fingerprint density at radius 1 is 1.17 bits per heavy atom. The molecule has 1 saturated heterocycles. The highest BCUT2D eigenvalue weighted by atomic mass is 16.6. The lowest BCUT2D eigenvalue weighted by Gasteiger charge is -2.13. The van der Waals surface area contributed by atoms with Gasteiger partial charge in [0.15, 0.2) is 12.4 Å². The molecule has 0 aromatic heterocycles. The summed E-state index contributed by atoms with van der Waals surface area (Å²) in [6, 6.07) is 11.3. The number of imide groups is 1. The van der Waals surface area contributed by atoms with Gasteiger partial charge in [-0.1, -0.05) is 30.4 Å². The van der Waals surface area contributed by atoms with Crippen molar-refractivity contribution in [3.8, 4) is 5.75 Å². The maximum atomic E-state index is 12.7. The minimum Gasteiger partial charge on any atom is -0.477 e. The van der Waals surface area contributed by atoms with Crippen LogP contribution in [0.1, 0.15) is 17.5 Å². The molecule has 1 saturated carbocycles. The molecule has 10 nitrogen and oxygen atoms in total. The van der Waals surface area contributed by atoms with Gasteiger partial charge in [0.05, 0.1) is 23.0 Å². The minimum atomic E-state index is -0.633. The highest BCUT2D eigenvalue weighted by Gasteiger charge is 2.59. The molecule has 0 spiro atoms. The van der Waals surface area contributed by atoms with Gasteiger partial charge in [0.2, 0.25) is 0 Å². The topological polar surface area (TPSA) is 131 Å². The first-order valence-corrected chi connectivity index (χ1v) is 11.2. The van der Waals surface area contributed by atoms with E-state index in [0.717, 1.165) is 17.0 Å². The smallest absolute Gasteiger partial charge is 0.311 e. The summed E-state index contributed by atoms with van der Waals surface area (Å²) in [5, 5.41) is 19.2. The van der Waals surface area contributed by atoms with E-state index in [-0.39, 0.29) is 46.9 Å². The molecule has 0 radical (unpaired) electrons. The predicted octanol–water partition coefficient (Wildman–Crippen LogP) is 3.06. The Balaban J connectivity index is 1.26. The highest BCUT2D eigenvalue weighted by molar-refractivity contribution is 6.06. The number of anilines is 1. The second-order valence-electron chi connectivity index (χ2n) is 8.87. The van der Waals surface area contributed by atoms with Crippen LogP contribution in [0.5, 0.6) is 5.75 Å². The van der Waals surface area contributed by atoms with E-state index < -0.39 is 17.4 Å². The number of benzene rings is 2. The number of hydrogen-bond acceptors (Lipinski definition) is 7. The Morgan fingerprint density at radius 2 is 1.86 bits per heavy atom. The van der Waals surface area contributed by atoms with E-state index >= 15 is 0 Å². The van der Waals surface area contributed by atoms with Crippen molar-refractivity contribution in [2.24, 2.45) is 28.8 Å². The fraction of sp³-hybridized carbons (Fsp3) is 0.280. The average Bonchev–Trinajstić information content (AvgIpc) is 3.52. The van der Waals surface area contributed by atoms with Gasteiger partial charge >= 0.3 is 5.69 Å². The lowest BCUT2D eigenvalue weighted by molar-refractivity contribution is -0.385. The standard InChI is InChI=1S/C25H22N4O6/c1-14-4-2-3-5-18(14)27-21(30)13-35-20-9-6-15(10-19(20)29(33)34)12-26-28-24(31)22-16-7-8-17(11-16)23(22)25(28)32/h2-10,12,16-17,22-23H,11,13H2,1H3,(H,27,30)/t16-,17-,22-,23+/m0/s1. The molecule has 2 aromatic rings. The van der Waals surface area contributed by atoms with Gasteiger partial charge in [-0.25, -0.2) is 0 Å². The largest absolute Gasteiger partial charge is 0.477 e. The zero-order valence-electron chi connectivity index (χ0n) is 18.8. The van der Waals surface area contributed by atoms with Crippen molar-refractivity contribution in [3.05, 3.63) is 75.9 Å². The van der Waals surface area contributed by atoms with E-state index in [0.29, 0.717) is 11.3 Å². The third-order valence-corrected chi connectivity index (χ3v) is 6.73. The molecule has 2 fully saturated rings. The van der Waals surface area contributed by atoms with Gasteiger partial charge < -0.3 is 10.1 Å². The zero-order chi connectivity index (χ0) is 24.7. The number of nitro benzene ring substituents is 1. The maximum absolute atomic E-state index is 12.7. The molecule has 3 amide bonds. The molecule has 10 heteroatoms. The number of fused-ring (bicyclic) bond motifs is 5. The number of nitro groups is 1. The first-order valence-electron chi connectivity index (χ1n) is 11.2. The number of allylic oxidation sites excluding steroid dienone is 2. The molecular weight excluding hydrogens is 452 g/mol. The van der Waals surface area contributed by atoms with Crippen LogP contribution in [0.15, 0.2) is 59.7 Å². The minimum absolute atomic E-state index is 0.0715. The van der Waals surface area contributed by atoms with Crippen molar-refractivity contribution in [2.45, 2.75) is 13.3 Å². The van der Waals surface area contributed by atoms with Gasteiger partial charge in [-0.15, -0.1) is 0 Å². The summed E-state index contributed by atoms with van der Waals surface area (Å²) < 4.78 is 5.40. The van der Waals surface area contributed by atoms with Gasteiger partial charge in [0, 0.05) is 17.3 Å². The van der Waals surface area contributed by atoms with Crippen LogP contribution in [0.4, 0.5) is 11.4 Å². The van der Waals surface area contributed by atoms with Gasteiger partial charge in [-0.2, -0.15) is 10.1 Å². The summed E-state index contributed by atoms with van der Waals surface area (Å²) >= 11 is 0. The molecule has 1 aliphatic heterocycles. The van der Waals surface area contributed by atoms with Crippen molar-refractivity contribution in [2.75, 3.05) is 11.9 Å². The number of nitrogens with one attached hydrogen (secondary N) is 1. The molecule has 2 aromatic carbocycles. The molecule has 1 N–H and O–H groups in total. The van der Waals surface area contributed by atoms with Crippen LogP contribution in [-0.4, -0.2) is 40.5 Å². The molecular formula is C25H22N4O6. The SMILES string of the molecule is Cc1ccccc1NC(=O)COc1ccc(C=NN2C(=O)[C@@H]3[C@H](C2=O)[C@H]2C=C[C@H]3C2)cc1[N+](=O)[O-]. The van der Waals surface area contributed by atoms with Gasteiger partial charge in [-0.3, -0.25) is 24.5 Å². The fourth-order valence-corrected chi connectivity index (χ4v) is 5.05. The summed E-state index contributed by atoms with van der Waals surface area (Å²) in [6.07, 6.45) is 6.05. The predicted molar refractivity (Wildman–Crippen MR) is 126 cm³/mol. The van der Waals surface area contributed by atoms with Crippen LogP contribution in [0, 0.1) is 40.7 Å². The number of aryl methyl sites for hydroxylation is 1. The number of amides is 3. The van der Waals surface area contributed by atoms with Crippen molar-refractivity contribution >= 4 is 35.3 Å². The quantitative estimate of drug-likeness (QED) is 0.216. The van der Waals surface area contributed by atoms with Crippen molar-refractivity contribution in [3.63, 3.8) is 0 Å². The van der Waals surface area contributed by atoms with Gasteiger partial charge in [0.25, 0.3) is 17.7 Å². The Hall–Kier alpha value is -4.34. The number of hydrogen-bond donors (Lipinski definition) is 1. The number of ether oxygens (including phenoxy) is 1. The Morgan fingerprint density at radius 3 is 2.51 bits per heavy atom. The van der Waals surface area contributed by atoms with Crippen LogP contribution in [0.2, 0.25) is 0 Å². The van der Waals surface area contributed by atoms with Crippen molar-refractivity contribution in [1.29, 1.82) is 0 Å². The number of rotatable bonds is 7. The Labute approximate surface area is 200 Å². The van der Waals surface area contributed by atoms with Crippen molar-refractivity contribution < 1.29 is 24.0 Å². The fourth-order valence-electron chi connectivity index (χ4n) is 5.05. The third-order valence-electron chi connectivity index (χ3n) is 6.73. The van der Waals surface area contributed by atoms with Crippen molar-refractivity contribution in [1.82, 2.24) is 5.01 Å². The van der Waals surface area contributed by atoms with Crippen LogP contribution in [-0.2, 0) is 14.4 Å². The monoisotopic (exact) mass is 474 g/mol. The molecule has 2 aliphatic carbocycles. The number of para-hydroxylation sites is 1. The molecule has 178 valence electrons. The number of carbonyl (C=O) groups is 3. The molecule has 4 atom stereocenters. The lowest BCUT2D eigenvalue weighted by atomic mass is 9.85. The van der Waals surface area contributed by atoms with E-state index in [9.17, 15) is 24.5 Å². The van der Waals surface area contributed by atoms with Crippen LogP contribution in [0.25, 0.3) is 0 Å². The lowest BCUT2D eigenvalue weighted by Crippen LogP contribution is -2.28. The molecule has 5 rings (SSSR count). The highest BCUT2D eigenvalue weighted by Crippen LogP contribution is 2.52. The summed E-state index contributed by atoms with van der Waals surface area (Å²) in [5.41, 5.74) is 1.45. The molecule has 3 aliphatic rings. The average molecular weight is 474 g/mol. The van der Waals surface area contributed by atoms with Gasteiger partial charge in [0.1, 0.15) is 0 Å². The second-order valence-corrected chi connectivity index (χ2v) is 8.87. The number of hydrazone groups is 1. The molecule has 35 heavy (non-hydrogen) atoms. The summed E-state index contributed by atoms with van der Waals surface area (Å²) in [4.78, 5) is 48.6. The molecule has 2 bridgehead atoms. The normalized spacial score (nSPS) is 24.3. The third kappa shape index (κ3) is 4.07. The van der Waals surface area contributed by atoms with Crippen LogP contribution < -0.4 is 10.1 Å². The Bertz CT molecular complexity index is 1270. The number of carbonyl (C=O) groups excluding carboxylic acids is 3. The van der Waals surface area contributed by atoms with E-state index in [1.807, 2.05) is 31.2 Å². The van der Waals surface area contributed by atoms with Gasteiger partial charge in [-0.05, 0) is 48.9 Å². The Kier molecular flexibility index (Phi) is 5.64. The van der Waals surface area contributed by atoms with E-state index in [4.69, 9.17) is 4.74 Å². The number of nitrogens with zero attached hydrogens (tertiary/aromatic N) is 3. The molecule has 1 heterocycles. The first-order chi connectivity index (χ1) is 16.8. The summed E-state index contributed by atoms with van der Waals surface area (Å²) in [7, 11) is 0. The van der Waals surface area contributed by atoms with Crippen LogP contribution in [0.3, 0.4) is 0 Å². The second kappa shape index (κ2) is 8.79. The van der Waals surface area contributed by atoms with E-state index in [1.165, 1.54) is 24.4 Å². The summed E-state index contributed by atoms with van der Waals surface area (Å²) in [6.45, 7) is 1.43. The maximum Gasteiger partial charge on any atom is 0.311 e. The molecule has 0 unspecified atom stereocenters. The van der Waals surface area contributed by atoms with Crippen LogP contribution >= 0.6 is 0 Å². The zero-order valence-corrected chi connectivity index (χ0v) is 18.8.